The van der Waals surface area contributed by atoms with Crippen LogP contribution in [0.3, 0.4) is 0 Å². The number of piperidine rings is 1. The van der Waals surface area contributed by atoms with E-state index >= 15 is 0 Å². The van der Waals surface area contributed by atoms with Gasteiger partial charge in [0.1, 0.15) is 11.5 Å². The van der Waals surface area contributed by atoms with Crippen LogP contribution < -0.4 is 9.47 Å². The molecular weight excluding hydrogens is 302 g/mol. The largest absolute Gasteiger partial charge is 0.497 e. The second kappa shape index (κ2) is 6.11. The molecule has 0 saturated carbocycles. The fourth-order valence-electron chi connectivity index (χ4n) is 3.40. The minimum Gasteiger partial charge on any atom is -0.497 e. The van der Waals surface area contributed by atoms with Crippen molar-refractivity contribution in [1.82, 2.24) is 4.90 Å². The third-order valence-corrected chi connectivity index (χ3v) is 5.02. The van der Waals surface area contributed by atoms with Gasteiger partial charge >= 0.3 is 0 Å². The zero-order chi connectivity index (χ0) is 16.6. The summed E-state index contributed by atoms with van der Waals surface area (Å²) >= 11 is 0. The molecule has 1 saturated heterocycles. The molecule has 0 N–H and O–H groups in total. The van der Waals surface area contributed by atoms with Gasteiger partial charge in [0.05, 0.1) is 13.7 Å². The van der Waals surface area contributed by atoms with Crippen LogP contribution in [-0.4, -0.2) is 37.9 Å². The smallest absolute Gasteiger partial charge is 0.213 e. The third-order valence-electron chi connectivity index (χ3n) is 5.02. The molecule has 2 aliphatic heterocycles. The van der Waals surface area contributed by atoms with Crippen molar-refractivity contribution in [3.8, 4) is 22.6 Å². The zero-order valence-electron chi connectivity index (χ0n) is 14.2. The van der Waals surface area contributed by atoms with E-state index in [1.165, 1.54) is 5.56 Å². The summed E-state index contributed by atoms with van der Waals surface area (Å²) in [6, 6.07) is 14.5. The molecule has 0 aromatic heterocycles. The number of methoxy groups -OCH3 is 1. The van der Waals surface area contributed by atoms with Crippen molar-refractivity contribution in [2.45, 2.75) is 25.2 Å². The first-order chi connectivity index (χ1) is 11.7. The molecule has 0 unspecified atom stereocenters. The Bertz CT molecular complexity index is 718. The number of hydrogen-bond donors (Lipinski definition) is 0. The fraction of sp³-hybridized carbons (Fsp3) is 0.400. The Morgan fingerprint density at radius 2 is 1.71 bits per heavy atom. The lowest BCUT2D eigenvalue weighted by molar-refractivity contribution is -0.226. The standard InChI is InChI=1S/C20H23NO3/c1-21-11-9-20(10-12-21)23-14-17-13-16(5-8-19(17)24-20)15-3-6-18(22-2)7-4-15/h3-8,13H,9-12,14H2,1-2H3. The summed E-state index contributed by atoms with van der Waals surface area (Å²) in [6.45, 7) is 2.64. The molecule has 126 valence electrons. The molecule has 0 aliphatic carbocycles. The lowest BCUT2D eigenvalue weighted by Gasteiger charge is -2.43. The lowest BCUT2D eigenvalue weighted by Crippen LogP contribution is -2.50. The van der Waals surface area contributed by atoms with Gasteiger partial charge in [-0.25, -0.2) is 0 Å². The first-order valence-corrected chi connectivity index (χ1v) is 8.46. The van der Waals surface area contributed by atoms with Crippen molar-refractivity contribution in [2.24, 2.45) is 0 Å². The molecule has 0 radical (unpaired) electrons. The molecule has 2 heterocycles. The predicted octanol–water partition coefficient (Wildman–Crippen LogP) is 3.69. The number of ether oxygens (including phenoxy) is 3. The summed E-state index contributed by atoms with van der Waals surface area (Å²) in [4.78, 5) is 2.32. The average molecular weight is 325 g/mol. The van der Waals surface area contributed by atoms with Crippen molar-refractivity contribution in [3.63, 3.8) is 0 Å². The van der Waals surface area contributed by atoms with Crippen LogP contribution in [0.1, 0.15) is 18.4 Å². The maximum atomic E-state index is 6.27. The van der Waals surface area contributed by atoms with Crippen LogP contribution in [0.2, 0.25) is 0 Å². The Kier molecular flexibility index (Phi) is 3.94. The Balaban J connectivity index is 1.56. The molecule has 0 atom stereocenters. The second-order valence-corrected chi connectivity index (χ2v) is 6.66. The van der Waals surface area contributed by atoms with Gasteiger partial charge in [0.15, 0.2) is 0 Å². The number of hydrogen-bond acceptors (Lipinski definition) is 4. The lowest BCUT2D eigenvalue weighted by atomic mass is 9.99. The number of likely N-dealkylation sites (tertiary alicyclic amines) is 1. The molecule has 4 rings (SSSR count). The van der Waals surface area contributed by atoms with Gasteiger partial charge in [0, 0.05) is 31.5 Å². The van der Waals surface area contributed by atoms with Gasteiger partial charge in [0.25, 0.3) is 0 Å². The summed E-state index contributed by atoms with van der Waals surface area (Å²) in [7, 11) is 3.83. The van der Waals surface area contributed by atoms with Crippen LogP contribution in [0.4, 0.5) is 0 Å². The molecule has 2 aromatic carbocycles. The zero-order valence-corrected chi connectivity index (χ0v) is 14.2. The Morgan fingerprint density at radius 3 is 2.42 bits per heavy atom. The van der Waals surface area contributed by atoms with Crippen LogP contribution >= 0.6 is 0 Å². The monoisotopic (exact) mass is 325 g/mol. The molecule has 1 fully saturated rings. The van der Waals surface area contributed by atoms with Crippen LogP contribution in [0, 0.1) is 0 Å². The summed E-state index contributed by atoms with van der Waals surface area (Å²) in [6.07, 6.45) is 1.84. The summed E-state index contributed by atoms with van der Waals surface area (Å²) < 4.78 is 17.6. The van der Waals surface area contributed by atoms with Gasteiger partial charge in [-0.05, 0) is 42.4 Å². The molecule has 0 bridgehead atoms. The molecule has 1 spiro atoms. The first-order valence-electron chi connectivity index (χ1n) is 8.46. The SMILES string of the molecule is COc1ccc(-c2ccc3c(c2)COC2(CCN(C)CC2)O3)cc1. The number of benzene rings is 2. The normalized spacial score (nSPS) is 19.6. The van der Waals surface area contributed by atoms with Gasteiger partial charge in [-0.2, -0.15) is 0 Å². The van der Waals surface area contributed by atoms with Gasteiger partial charge in [0.2, 0.25) is 5.79 Å². The highest BCUT2D eigenvalue weighted by Gasteiger charge is 2.40. The second-order valence-electron chi connectivity index (χ2n) is 6.66. The van der Waals surface area contributed by atoms with Gasteiger partial charge in [-0.15, -0.1) is 0 Å². The molecular formula is C20H23NO3. The number of nitrogens with zero attached hydrogens (tertiary/aromatic N) is 1. The van der Waals surface area contributed by atoms with Gasteiger partial charge in [-0.3, -0.25) is 0 Å². The van der Waals surface area contributed by atoms with E-state index in [-0.39, 0.29) is 0 Å². The number of fused-ring (bicyclic) bond motifs is 1. The van der Waals surface area contributed by atoms with E-state index in [0.717, 1.165) is 48.6 Å². The highest BCUT2D eigenvalue weighted by Crippen LogP contribution is 2.39. The van der Waals surface area contributed by atoms with E-state index in [1.54, 1.807) is 7.11 Å². The quantitative estimate of drug-likeness (QED) is 0.842. The highest BCUT2D eigenvalue weighted by molar-refractivity contribution is 5.66. The van der Waals surface area contributed by atoms with E-state index in [9.17, 15) is 0 Å². The van der Waals surface area contributed by atoms with Crippen molar-refractivity contribution in [3.05, 3.63) is 48.0 Å². The summed E-state index contributed by atoms with van der Waals surface area (Å²) in [5.41, 5.74) is 3.45. The molecule has 4 nitrogen and oxygen atoms in total. The van der Waals surface area contributed by atoms with E-state index in [2.05, 4.69) is 42.3 Å². The fourth-order valence-corrected chi connectivity index (χ4v) is 3.40. The number of rotatable bonds is 2. The predicted molar refractivity (Wildman–Crippen MR) is 93.3 cm³/mol. The van der Waals surface area contributed by atoms with Crippen LogP contribution in [0.25, 0.3) is 11.1 Å². The molecule has 4 heteroatoms. The highest BCUT2D eigenvalue weighted by atomic mass is 16.7. The van der Waals surface area contributed by atoms with Crippen molar-refractivity contribution in [2.75, 3.05) is 27.2 Å². The van der Waals surface area contributed by atoms with E-state index < -0.39 is 5.79 Å². The summed E-state index contributed by atoms with van der Waals surface area (Å²) in [5.74, 6) is 1.40. The van der Waals surface area contributed by atoms with E-state index in [1.807, 2.05) is 12.1 Å². The molecule has 0 amide bonds. The minimum atomic E-state index is -0.429. The average Bonchev–Trinajstić information content (AvgIpc) is 2.64. The Labute approximate surface area is 142 Å². The van der Waals surface area contributed by atoms with Crippen LogP contribution in [0.15, 0.2) is 42.5 Å². The molecule has 24 heavy (non-hydrogen) atoms. The first kappa shape index (κ1) is 15.5. The third kappa shape index (κ3) is 2.87. The van der Waals surface area contributed by atoms with Crippen molar-refractivity contribution in [1.29, 1.82) is 0 Å². The minimum absolute atomic E-state index is 0.429. The maximum Gasteiger partial charge on any atom is 0.213 e. The van der Waals surface area contributed by atoms with Crippen LogP contribution in [0.5, 0.6) is 11.5 Å². The Morgan fingerprint density at radius 1 is 1.00 bits per heavy atom. The van der Waals surface area contributed by atoms with Crippen LogP contribution in [-0.2, 0) is 11.3 Å². The topological polar surface area (TPSA) is 30.9 Å². The molecule has 2 aromatic rings. The van der Waals surface area contributed by atoms with E-state index in [0.29, 0.717) is 6.61 Å². The van der Waals surface area contributed by atoms with Gasteiger partial charge < -0.3 is 19.1 Å². The van der Waals surface area contributed by atoms with Crippen molar-refractivity contribution >= 4 is 0 Å². The Hall–Kier alpha value is -2.04. The molecule has 2 aliphatic rings. The van der Waals surface area contributed by atoms with Crippen molar-refractivity contribution < 1.29 is 14.2 Å². The van der Waals surface area contributed by atoms with Gasteiger partial charge in [-0.1, -0.05) is 18.2 Å². The maximum absolute atomic E-state index is 6.27. The summed E-state index contributed by atoms with van der Waals surface area (Å²) in [5, 5.41) is 0. The van der Waals surface area contributed by atoms with E-state index in [4.69, 9.17) is 14.2 Å².